The average molecular weight is 436 g/mol. The van der Waals surface area contributed by atoms with Gasteiger partial charge in [0.05, 0.1) is 11.4 Å². The summed E-state index contributed by atoms with van der Waals surface area (Å²) in [5.74, 6) is -0.191. The number of carbonyl (C=O) groups excluding carboxylic acids is 1. The summed E-state index contributed by atoms with van der Waals surface area (Å²) in [7, 11) is -3.83. The summed E-state index contributed by atoms with van der Waals surface area (Å²) < 4.78 is 23.2. The molecule has 1 aliphatic heterocycles. The second-order valence-electron chi connectivity index (χ2n) is 7.75. The normalized spacial score (nSPS) is 16.5. The van der Waals surface area contributed by atoms with E-state index in [0.717, 1.165) is 19.4 Å². The van der Waals surface area contributed by atoms with Crippen LogP contribution in [0.3, 0.4) is 0 Å². The van der Waals surface area contributed by atoms with E-state index in [4.69, 9.17) is 5.14 Å². The van der Waals surface area contributed by atoms with Crippen LogP contribution in [0.25, 0.3) is 0 Å². The van der Waals surface area contributed by atoms with Gasteiger partial charge >= 0.3 is 0 Å². The predicted molar refractivity (Wildman–Crippen MR) is 121 cm³/mol. The molecule has 0 bridgehead atoms. The molecule has 0 radical (unpaired) electrons. The number of nitrogens with zero attached hydrogens (tertiary/aromatic N) is 1. The largest absolute Gasteiger partial charge is 0.325 e. The zero-order valence-corrected chi connectivity index (χ0v) is 17.9. The Hall–Kier alpha value is -3.00. The van der Waals surface area contributed by atoms with Crippen molar-refractivity contribution in [3.8, 4) is 0 Å². The Labute approximate surface area is 182 Å². The van der Waals surface area contributed by atoms with Gasteiger partial charge in [0.25, 0.3) is 0 Å². The molecule has 31 heavy (non-hydrogen) atoms. The molecule has 6 nitrogen and oxygen atoms in total. The SMILES string of the molecule is NS(=O)(=O)c1cccc(NC(=O)CN2CCc3ccccc3[C@H]2Cc2ccccc2)c1. The molecule has 0 fully saturated rings. The van der Waals surface area contributed by atoms with E-state index in [9.17, 15) is 13.2 Å². The molecule has 1 amide bonds. The Morgan fingerprint density at radius 1 is 1.00 bits per heavy atom. The van der Waals surface area contributed by atoms with Crippen LogP contribution in [0.4, 0.5) is 5.69 Å². The maximum absolute atomic E-state index is 12.8. The van der Waals surface area contributed by atoms with Crippen LogP contribution >= 0.6 is 0 Å². The maximum atomic E-state index is 12.8. The van der Waals surface area contributed by atoms with Gasteiger partial charge in [-0.25, -0.2) is 13.6 Å². The van der Waals surface area contributed by atoms with E-state index in [1.165, 1.54) is 28.8 Å². The van der Waals surface area contributed by atoms with Crippen molar-refractivity contribution < 1.29 is 13.2 Å². The molecule has 0 saturated heterocycles. The second kappa shape index (κ2) is 9.01. The Kier molecular flexibility index (Phi) is 6.18. The van der Waals surface area contributed by atoms with Crippen LogP contribution in [0.15, 0.2) is 83.8 Å². The number of amides is 1. The number of hydrogen-bond donors (Lipinski definition) is 2. The first-order valence-electron chi connectivity index (χ1n) is 10.2. The van der Waals surface area contributed by atoms with Gasteiger partial charge < -0.3 is 5.32 Å². The van der Waals surface area contributed by atoms with Gasteiger partial charge in [0.2, 0.25) is 15.9 Å². The first-order valence-corrected chi connectivity index (χ1v) is 11.7. The summed E-state index contributed by atoms with van der Waals surface area (Å²) in [4.78, 5) is 15.0. The molecule has 3 aromatic rings. The Morgan fingerprint density at radius 2 is 1.74 bits per heavy atom. The molecular weight excluding hydrogens is 410 g/mol. The third kappa shape index (κ3) is 5.19. The van der Waals surface area contributed by atoms with Crippen LogP contribution in [-0.2, 0) is 27.7 Å². The zero-order chi connectivity index (χ0) is 21.8. The van der Waals surface area contributed by atoms with Crippen molar-refractivity contribution in [2.24, 2.45) is 5.14 Å². The van der Waals surface area contributed by atoms with E-state index in [1.807, 2.05) is 24.3 Å². The lowest BCUT2D eigenvalue weighted by Crippen LogP contribution is -2.41. The van der Waals surface area contributed by atoms with Crippen molar-refractivity contribution in [2.75, 3.05) is 18.4 Å². The fourth-order valence-electron chi connectivity index (χ4n) is 4.11. The molecule has 1 atom stereocenters. The number of nitrogens with two attached hydrogens (primary N) is 1. The van der Waals surface area contributed by atoms with Crippen LogP contribution in [0, 0.1) is 0 Å². The number of primary sulfonamides is 1. The summed E-state index contributed by atoms with van der Waals surface area (Å²) in [6.45, 7) is 0.991. The lowest BCUT2D eigenvalue weighted by Gasteiger charge is -2.37. The van der Waals surface area contributed by atoms with Crippen molar-refractivity contribution in [3.63, 3.8) is 0 Å². The van der Waals surface area contributed by atoms with Crippen LogP contribution in [-0.4, -0.2) is 32.3 Å². The van der Waals surface area contributed by atoms with Gasteiger partial charge in [0.15, 0.2) is 0 Å². The van der Waals surface area contributed by atoms with Crippen molar-refractivity contribution in [1.29, 1.82) is 0 Å². The highest BCUT2D eigenvalue weighted by molar-refractivity contribution is 7.89. The first kappa shape index (κ1) is 21.2. The van der Waals surface area contributed by atoms with Gasteiger partial charge in [-0.3, -0.25) is 9.69 Å². The summed E-state index contributed by atoms with van der Waals surface area (Å²) in [6.07, 6.45) is 1.70. The standard InChI is InChI=1S/C24H25N3O3S/c25-31(29,30)21-11-6-10-20(16-21)26-24(28)17-27-14-13-19-9-4-5-12-22(19)23(27)15-18-7-2-1-3-8-18/h1-12,16,23H,13-15,17H2,(H,26,28)(H2,25,29,30)/t23-/m1/s1. The number of nitrogens with one attached hydrogen (secondary N) is 1. The number of rotatable bonds is 6. The molecule has 0 unspecified atom stereocenters. The predicted octanol–water partition coefficient (Wildman–Crippen LogP) is 3.11. The highest BCUT2D eigenvalue weighted by Crippen LogP contribution is 2.32. The molecule has 1 heterocycles. The lowest BCUT2D eigenvalue weighted by molar-refractivity contribution is -0.118. The van der Waals surface area contributed by atoms with Crippen LogP contribution in [0.2, 0.25) is 0 Å². The fourth-order valence-corrected chi connectivity index (χ4v) is 4.66. The molecule has 3 aromatic carbocycles. The van der Waals surface area contributed by atoms with Gasteiger partial charge in [-0.1, -0.05) is 60.7 Å². The molecule has 0 aliphatic carbocycles. The average Bonchev–Trinajstić information content (AvgIpc) is 2.76. The molecule has 0 saturated carbocycles. The molecule has 0 spiro atoms. The van der Waals surface area contributed by atoms with Crippen molar-refractivity contribution >= 4 is 21.6 Å². The first-order chi connectivity index (χ1) is 14.9. The van der Waals surface area contributed by atoms with Gasteiger partial charge in [-0.2, -0.15) is 0 Å². The zero-order valence-electron chi connectivity index (χ0n) is 17.1. The van der Waals surface area contributed by atoms with Crippen LogP contribution < -0.4 is 10.5 Å². The molecule has 4 rings (SSSR count). The van der Waals surface area contributed by atoms with Crippen molar-refractivity contribution in [3.05, 3.63) is 95.6 Å². The third-order valence-corrected chi connectivity index (χ3v) is 6.50. The number of hydrogen-bond acceptors (Lipinski definition) is 4. The van der Waals surface area contributed by atoms with Gasteiger partial charge in [0, 0.05) is 18.3 Å². The molecule has 160 valence electrons. The quantitative estimate of drug-likeness (QED) is 0.622. The third-order valence-electron chi connectivity index (χ3n) is 5.59. The minimum atomic E-state index is -3.83. The number of benzene rings is 3. The second-order valence-corrected chi connectivity index (χ2v) is 9.31. The van der Waals surface area contributed by atoms with E-state index in [-0.39, 0.29) is 23.4 Å². The van der Waals surface area contributed by atoms with Crippen molar-refractivity contribution in [2.45, 2.75) is 23.8 Å². The summed E-state index contributed by atoms with van der Waals surface area (Å²) in [6, 6.07) is 24.7. The summed E-state index contributed by atoms with van der Waals surface area (Å²) >= 11 is 0. The number of fused-ring (bicyclic) bond motifs is 1. The Morgan fingerprint density at radius 3 is 2.52 bits per heavy atom. The lowest BCUT2D eigenvalue weighted by atomic mass is 9.88. The van der Waals surface area contributed by atoms with Gasteiger partial charge in [-0.05, 0) is 47.7 Å². The van der Waals surface area contributed by atoms with Gasteiger partial charge in [-0.15, -0.1) is 0 Å². The Balaban J connectivity index is 1.53. The van der Waals surface area contributed by atoms with Crippen LogP contribution in [0.1, 0.15) is 22.7 Å². The minimum absolute atomic E-state index is 0.0286. The van der Waals surface area contributed by atoms with Gasteiger partial charge in [0.1, 0.15) is 0 Å². The highest BCUT2D eigenvalue weighted by Gasteiger charge is 2.28. The molecular formula is C24H25N3O3S. The molecule has 0 aromatic heterocycles. The van der Waals surface area contributed by atoms with E-state index < -0.39 is 10.0 Å². The monoisotopic (exact) mass is 435 g/mol. The summed E-state index contributed by atoms with van der Waals surface area (Å²) in [5.41, 5.74) is 4.20. The maximum Gasteiger partial charge on any atom is 0.238 e. The topological polar surface area (TPSA) is 92.5 Å². The fraction of sp³-hybridized carbons (Fsp3) is 0.208. The minimum Gasteiger partial charge on any atom is -0.325 e. The van der Waals surface area contributed by atoms with E-state index in [2.05, 4.69) is 40.5 Å². The molecule has 7 heteroatoms. The number of anilines is 1. The Bertz CT molecular complexity index is 1180. The number of carbonyl (C=O) groups is 1. The van der Waals surface area contributed by atoms with Crippen molar-refractivity contribution in [1.82, 2.24) is 4.90 Å². The van der Waals surface area contributed by atoms with E-state index >= 15 is 0 Å². The van der Waals surface area contributed by atoms with Crippen LogP contribution in [0.5, 0.6) is 0 Å². The smallest absolute Gasteiger partial charge is 0.238 e. The number of sulfonamides is 1. The van der Waals surface area contributed by atoms with E-state index in [0.29, 0.717) is 5.69 Å². The molecule has 1 aliphatic rings. The molecule has 3 N–H and O–H groups in total. The summed E-state index contributed by atoms with van der Waals surface area (Å²) in [5, 5.41) is 8.00. The highest BCUT2D eigenvalue weighted by atomic mass is 32.2. The van der Waals surface area contributed by atoms with E-state index in [1.54, 1.807) is 12.1 Å².